The maximum atomic E-state index is 12.9. The van der Waals surface area contributed by atoms with Crippen molar-refractivity contribution in [2.75, 3.05) is 13.1 Å². The lowest BCUT2D eigenvalue weighted by Crippen LogP contribution is -2.28. The van der Waals surface area contributed by atoms with Crippen molar-refractivity contribution >= 4 is 5.97 Å². The number of halogens is 1. The third kappa shape index (κ3) is 6.02. The van der Waals surface area contributed by atoms with E-state index in [0.29, 0.717) is 13.0 Å². The molecule has 0 unspecified atom stereocenters. The van der Waals surface area contributed by atoms with E-state index in [-0.39, 0.29) is 24.4 Å². The SMILES string of the molecule is CC(C)OC(=O)CNCCc1cccc(F)c1. The van der Waals surface area contributed by atoms with Gasteiger partial charge in [-0.15, -0.1) is 0 Å². The number of benzene rings is 1. The first kappa shape index (κ1) is 13.6. The summed E-state index contributed by atoms with van der Waals surface area (Å²) >= 11 is 0. The topological polar surface area (TPSA) is 38.3 Å². The molecule has 0 bridgehead atoms. The highest BCUT2D eigenvalue weighted by molar-refractivity contribution is 5.71. The molecule has 0 atom stereocenters. The van der Waals surface area contributed by atoms with E-state index in [1.54, 1.807) is 6.07 Å². The highest BCUT2D eigenvalue weighted by Crippen LogP contribution is 2.03. The van der Waals surface area contributed by atoms with Crippen LogP contribution in [-0.4, -0.2) is 25.2 Å². The zero-order valence-electron chi connectivity index (χ0n) is 10.2. The Bertz CT molecular complexity index is 366. The van der Waals surface area contributed by atoms with Gasteiger partial charge in [-0.05, 0) is 44.5 Å². The Morgan fingerprint density at radius 2 is 2.24 bits per heavy atom. The number of carbonyl (C=O) groups is 1. The van der Waals surface area contributed by atoms with Gasteiger partial charge in [0.15, 0.2) is 0 Å². The molecule has 0 saturated heterocycles. The second-order valence-corrected chi connectivity index (χ2v) is 4.10. The first-order valence-electron chi connectivity index (χ1n) is 5.72. The molecule has 0 aliphatic carbocycles. The number of esters is 1. The summed E-state index contributed by atoms with van der Waals surface area (Å²) in [6, 6.07) is 6.44. The van der Waals surface area contributed by atoms with E-state index in [4.69, 9.17) is 4.74 Å². The normalized spacial score (nSPS) is 10.6. The van der Waals surface area contributed by atoms with E-state index in [0.717, 1.165) is 5.56 Å². The summed E-state index contributed by atoms with van der Waals surface area (Å²) in [4.78, 5) is 11.2. The molecular formula is C13H18FNO2. The molecule has 1 aromatic rings. The molecule has 3 nitrogen and oxygen atoms in total. The van der Waals surface area contributed by atoms with Crippen LogP contribution < -0.4 is 5.32 Å². The van der Waals surface area contributed by atoms with E-state index < -0.39 is 0 Å². The van der Waals surface area contributed by atoms with Crippen molar-refractivity contribution < 1.29 is 13.9 Å². The molecule has 0 radical (unpaired) electrons. The summed E-state index contributed by atoms with van der Waals surface area (Å²) < 4.78 is 17.8. The van der Waals surface area contributed by atoms with E-state index in [2.05, 4.69) is 5.32 Å². The van der Waals surface area contributed by atoms with Gasteiger partial charge in [0, 0.05) is 0 Å². The third-order valence-electron chi connectivity index (χ3n) is 2.12. The molecule has 1 N–H and O–H groups in total. The van der Waals surface area contributed by atoms with Gasteiger partial charge >= 0.3 is 5.97 Å². The van der Waals surface area contributed by atoms with Gasteiger partial charge in [-0.25, -0.2) is 4.39 Å². The Morgan fingerprint density at radius 1 is 1.47 bits per heavy atom. The first-order valence-corrected chi connectivity index (χ1v) is 5.72. The predicted molar refractivity (Wildman–Crippen MR) is 64.2 cm³/mol. The molecule has 0 fully saturated rings. The molecule has 1 aromatic carbocycles. The minimum Gasteiger partial charge on any atom is -0.462 e. The minimum atomic E-state index is -0.265. The fourth-order valence-corrected chi connectivity index (χ4v) is 1.42. The second-order valence-electron chi connectivity index (χ2n) is 4.10. The molecule has 4 heteroatoms. The predicted octanol–water partition coefficient (Wildman–Crippen LogP) is 1.91. The van der Waals surface area contributed by atoms with Crippen molar-refractivity contribution in [3.05, 3.63) is 35.6 Å². The number of carbonyl (C=O) groups excluding carboxylic acids is 1. The summed E-state index contributed by atoms with van der Waals surface area (Å²) in [7, 11) is 0. The van der Waals surface area contributed by atoms with Crippen LogP contribution in [0.15, 0.2) is 24.3 Å². The first-order chi connectivity index (χ1) is 8.08. The van der Waals surface area contributed by atoms with E-state index in [1.807, 2.05) is 19.9 Å². The maximum absolute atomic E-state index is 12.9. The van der Waals surface area contributed by atoms with Crippen molar-refractivity contribution in [1.82, 2.24) is 5.32 Å². The van der Waals surface area contributed by atoms with Crippen molar-refractivity contribution in [3.63, 3.8) is 0 Å². The van der Waals surface area contributed by atoms with Crippen LogP contribution in [0.1, 0.15) is 19.4 Å². The molecule has 0 amide bonds. The summed E-state index contributed by atoms with van der Waals surface area (Å²) in [5.74, 6) is -0.499. The van der Waals surface area contributed by atoms with Crippen LogP contribution in [0.3, 0.4) is 0 Å². The Kier molecular flexibility index (Phi) is 5.63. The Balaban J connectivity index is 2.18. The molecule has 0 heterocycles. The molecule has 17 heavy (non-hydrogen) atoms. The molecule has 0 aliphatic rings. The highest BCUT2D eigenvalue weighted by atomic mass is 19.1. The van der Waals surface area contributed by atoms with Crippen LogP contribution in [-0.2, 0) is 16.0 Å². The highest BCUT2D eigenvalue weighted by Gasteiger charge is 2.04. The molecular weight excluding hydrogens is 221 g/mol. The number of nitrogens with one attached hydrogen (secondary N) is 1. The zero-order valence-corrected chi connectivity index (χ0v) is 10.2. The van der Waals surface area contributed by atoms with Crippen molar-refractivity contribution in [3.8, 4) is 0 Å². The van der Waals surface area contributed by atoms with Gasteiger partial charge in [-0.2, -0.15) is 0 Å². The molecule has 0 aliphatic heterocycles. The monoisotopic (exact) mass is 239 g/mol. The molecule has 1 rings (SSSR count). The summed E-state index contributed by atoms with van der Waals surface area (Å²) in [5, 5.41) is 2.96. The van der Waals surface area contributed by atoms with Gasteiger partial charge in [-0.1, -0.05) is 12.1 Å². The molecule has 94 valence electrons. The quantitative estimate of drug-likeness (QED) is 0.608. The Hall–Kier alpha value is -1.42. The van der Waals surface area contributed by atoms with Crippen LogP contribution in [0.4, 0.5) is 4.39 Å². The maximum Gasteiger partial charge on any atom is 0.320 e. The lowest BCUT2D eigenvalue weighted by molar-refractivity contribution is -0.146. The van der Waals surface area contributed by atoms with Gasteiger partial charge < -0.3 is 10.1 Å². The van der Waals surface area contributed by atoms with Crippen molar-refractivity contribution in [2.24, 2.45) is 0 Å². The van der Waals surface area contributed by atoms with Crippen molar-refractivity contribution in [2.45, 2.75) is 26.4 Å². The zero-order chi connectivity index (χ0) is 12.7. The average Bonchev–Trinajstić information content (AvgIpc) is 2.23. The lowest BCUT2D eigenvalue weighted by Gasteiger charge is -2.08. The van der Waals surface area contributed by atoms with Crippen LogP contribution >= 0.6 is 0 Å². The van der Waals surface area contributed by atoms with Crippen LogP contribution in [0.25, 0.3) is 0 Å². The minimum absolute atomic E-state index is 0.0903. The summed E-state index contributed by atoms with van der Waals surface area (Å²) in [5.41, 5.74) is 0.912. The van der Waals surface area contributed by atoms with Gasteiger partial charge in [-0.3, -0.25) is 4.79 Å². The van der Waals surface area contributed by atoms with Crippen molar-refractivity contribution in [1.29, 1.82) is 0 Å². The van der Waals surface area contributed by atoms with E-state index >= 15 is 0 Å². The summed E-state index contributed by atoms with van der Waals surface area (Å²) in [6.45, 7) is 4.43. The fourth-order valence-electron chi connectivity index (χ4n) is 1.42. The second kappa shape index (κ2) is 7.01. The Labute approximate surface area is 101 Å². The van der Waals surface area contributed by atoms with Gasteiger partial charge in [0.1, 0.15) is 5.82 Å². The number of hydrogen-bond acceptors (Lipinski definition) is 3. The smallest absolute Gasteiger partial charge is 0.320 e. The van der Waals surface area contributed by atoms with Gasteiger partial charge in [0.05, 0.1) is 12.6 Å². The lowest BCUT2D eigenvalue weighted by atomic mass is 10.1. The Morgan fingerprint density at radius 3 is 2.88 bits per heavy atom. The number of hydrogen-bond donors (Lipinski definition) is 1. The standard InChI is InChI=1S/C13H18FNO2/c1-10(2)17-13(16)9-15-7-6-11-4-3-5-12(14)8-11/h3-5,8,10,15H,6-7,9H2,1-2H3. The average molecular weight is 239 g/mol. The van der Waals surface area contributed by atoms with Crippen LogP contribution in [0.2, 0.25) is 0 Å². The van der Waals surface area contributed by atoms with Crippen LogP contribution in [0.5, 0.6) is 0 Å². The third-order valence-corrected chi connectivity index (χ3v) is 2.12. The van der Waals surface area contributed by atoms with Crippen LogP contribution in [0, 0.1) is 5.82 Å². The largest absolute Gasteiger partial charge is 0.462 e. The number of rotatable bonds is 6. The molecule has 0 spiro atoms. The van der Waals surface area contributed by atoms with Gasteiger partial charge in [0.2, 0.25) is 0 Å². The molecule has 0 saturated carbocycles. The summed E-state index contributed by atoms with van der Waals surface area (Å²) in [6.07, 6.45) is 0.597. The molecule has 0 aromatic heterocycles. The van der Waals surface area contributed by atoms with Gasteiger partial charge in [0.25, 0.3) is 0 Å². The fraction of sp³-hybridized carbons (Fsp3) is 0.462. The van der Waals surface area contributed by atoms with E-state index in [9.17, 15) is 9.18 Å². The van der Waals surface area contributed by atoms with E-state index in [1.165, 1.54) is 12.1 Å². The number of ether oxygens (including phenoxy) is 1.